The third-order valence-electron chi connectivity index (χ3n) is 4.82. The fourth-order valence-corrected chi connectivity index (χ4v) is 3.78. The SMILES string of the molecule is CC(C)N1CC2CNCC(C(=O)c3ccccc3)(C2)C1. The first kappa shape index (κ1) is 13.8. The van der Waals surface area contributed by atoms with Crippen molar-refractivity contribution in [2.24, 2.45) is 11.3 Å². The molecule has 2 aliphatic heterocycles. The number of Topliss-reactive ketones (excluding diaryl/α,β-unsaturated/α-hetero) is 1. The van der Waals surface area contributed by atoms with Crippen molar-refractivity contribution in [2.45, 2.75) is 26.3 Å². The van der Waals surface area contributed by atoms with E-state index < -0.39 is 0 Å². The average molecular weight is 272 g/mol. The Morgan fingerprint density at radius 1 is 1.35 bits per heavy atom. The van der Waals surface area contributed by atoms with E-state index in [9.17, 15) is 4.79 Å². The van der Waals surface area contributed by atoms with Crippen LogP contribution in [0.25, 0.3) is 0 Å². The maximum absolute atomic E-state index is 13.0. The second-order valence-electron chi connectivity index (χ2n) is 6.70. The summed E-state index contributed by atoms with van der Waals surface area (Å²) >= 11 is 0. The van der Waals surface area contributed by atoms with Crippen molar-refractivity contribution in [1.82, 2.24) is 10.2 Å². The highest BCUT2D eigenvalue weighted by molar-refractivity contribution is 6.01. The van der Waals surface area contributed by atoms with Gasteiger partial charge in [0, 0.05) is 31.2 Å². The van der Waals surface area contributed by atoms with Crippen LogP contribution in [0, 0.1) is 11.3 Å². The number of likely N-dealkylation sites (tertiary alicyclic amines) is 1. The van der Waals surface area contributed by atoms with E-state index in [0.717, 1.165) is 38.2 Å². The molecule has 3 heteroatoms. The average Bonchev–Trinajstić information content (AvgIpc) is 2.47. The van der Waals surface area contributed by atoms with Gasteiger partial charge in [-0.3, -0.25) is 9.69 Å². The van der Waals surface area contributed by atoms with Gasteiger partial charge in [-0.15, -0.1) is 0 Å². The van der Waals surface area contributed by atoms with Gasteiger partial charge in [-0.25, -0.2) is 0 Å². The molecule has 0 aliphatic carbocycles. The summed E-state index contributed by atoms with van der Waals surface area (Å²) < 4.78 is 0. The number of nitrogens with one attached hydrogen (secondary N) is 1. The van der Waals surface area contributed by atoms with Gasteiger partial charge in [0.05, 0.1) is 5.41 Å². The van der Waals surface area contributed by atoms with Gasteiger partial charge >= 0.3 is 0 Å². The Labute approximate surface area is 121 Å². The normalized spacial score (nSPS) is 30.4. The molecular weight excluding hydrogens is 248 g/mol. The number of fused-ring (bicyclic) bond motifs is 2. The second kappa shape index (κ2) is 5.30. The highest BCUT2D eigenvalue weighted by Crippen LogP contribution is 2.38. The molecule has 3 nitrogen and oxygen atoms in total. The maximum Gasteiger partial charge on any atom is 0.171 e. The Hall–Kier alpha value is -1.19. The van der Waals surface area contributed by atoms with Gasteiger partial charge in [-0.1, -0.05) is 30.3 Å². The van der Waals surface area contributed by atoms with Crippen LogP contribution in [0.15, 0.2) is 30.3 Å². The van der Waals surface area contributed by atoms with Crippen LogP contribution in [0.4, 0.5) is 0 Å². The molecule has 2 aliphatic rings. The molecule has 2 bridgehead atoms. The summed E-state index contributed by atoms with van der Waals surface area (Å²) in [6.07, 6.45) is 1.04. The lowest BCUT2D eigenvalue weighted by atomic mass is 9.68. The number of carbonyl (C=O) groups is 1. The van der Waals surface area contributed by atoms with Crippen molar-refractivity contribution in [3.05, 3.63) is 35.9 Å². The molecule has 2 saturated heterocycles. The monoisotopic (exact) mass is 272 g/mol. The molecule has 3 rings (SSSR count). The van der Waals surface area contributed by atoms with Crippen molar-refractivity contribution in [1.29, 1.82) is 0 Å². The van der Waals surface area contributed by atoms with E-state index in [-0.39, 0.29) is 5.41 Å². The van der Waals surface area contributed by atoms with Crippen LogP contribution in [-0.2, 0) is 0 Å². The number of carbonyl (C=O) groups excluding carboxylic acids is 1. The molecule has 1 aromatic carbocycles. The first-order valence-electron chi connectivity index (χ1n) is 7.65. The zero-order valence-electron chi connectivity index (χ0n) is 12.4. The van der Waals surface area contributed by atoms with E-state index in [0.29, 0.717) is 17.7 Å². The molecule has 2 fully saturated rings. The largest absolute Gasteiger partial charge is 0.315 e. The standard InChI is InChI=1S/C17H24N2O/c1-13(2)19-10-14-8-17(12-19,11-18-9-14)16(20)15-6-4-3-5-7-15/h3-7,13-14,18H,8-12H2,1-2H3. The van der Waals surface area contributed by atoms with Gasteiger partial charge in [-0.2, -0.15) is 0 Å². The van der Waals surface area contributed by atoms with Gasteiger partial charge < -0.3 is 5.32 Å². The molecule has 2 unspecified atom stereocenters. The summed E-state index contributed by atoms with van der Waals surface area (Å²) in [6, 6.07) is 10.3. The minimum absolute atomic E-state index is 0.229. The molecule has 2 atom stereocenters. The molecule has 108 valence electrons. The fourth-order valence-electron chi connectivity index (χ4n) is 3.78. The first-order valence-corrected chi connectivity index (χ1v) is 7.65. The van der Waals surface area contributed by atoms with Crippen LogP contribution in [0.5, 0.6) is 0 Å². The lowest BCUT2D eigenvalue weighted by Crippen LogP contribution is -2.61. The van der Waals surface area contributed by atoms with Crippen molar-refractivity contribution in [3.8, 4) is 0 Å². The van der Waals surface area contributed by atoms with E-state index in [2.05, 4.69) is 24.1 Å². The minimum Gasteiger partial charge on any atom is -0.315 e. The van der Waals surface area contributed by atoms with Crippen molar-refractivity contribution < 1.29 is 4.79 Å². The quantitative estimate of drug-likeness (QED) is 0.856. The Morgan fingerprint density at radius 2 is 2.10 bits per heavy atom. The summed E-state index contributed by atoms with van der Waals surface area (Å²) in [7, 11) is 0. The van der Waals surface area contributed by atoms with Crippen LogP contribution in [0.1, 0.15) is 30.6 Å². The molecule has 0 aromatic heterocycles. The van der Waals surface area contributed by atoms with E-state index in [1.807, 2.05) is 30.3 Å². The predicted octanol–water partition coefficient (Wildman–Crippen LogP) is 2.19. The zero-order chi connectivity index (χ0) is 14.2. The van der Waals surface area contributed by atoms with E-state index in [4.69, 9.17) is 0 Å². The van der Waals surface area contributed by atoms with Crippen LogP contribution >= 0.6 is 0 Å². The van der Waals surface area contributed by atoms with Crippen LogP contribution in [0.2, 0.25) is 0 Å². The highest BCUT2D eigenvalue weighted by Gasteiger charge is 2.48. The topological polar surface area (TPSA) is 32.3 Å². The molecular formula is C17H24N2O. The number of hydrogen-bond donors (Lipinski definition) is 1. The van der Waals surface area contributed by atoms with Crippen LogP contribution < -0.4 is 5.32 Å². The third-order valence-corrected chi connectivity index (χ3v) is 4.82. The third kappa shape index (κ3) is 2.40. The van der Waals surface area contributed by atoms with E-state index in [1.165, 1.54) is 0 Å². The number of rotatable bonds is 3. The molecule has 2 heterocycles. The highest BCUT2D eigenvalue weighted by atomic mass is 16.1. The number of ketones is 1. The fraction of sp³-hybridized carbons (Fsp3) is 0.588. The summed E-state index contributed by atoms with van der Waals surface area (Å²) in [5.74, 6) is 0.924. The molecule has 1 aromatic rings. The van der Waals surface area contributed by atoms with Gasteiger partial charge in [0.15, 0.2) is 5.78 Å². The van der Waals surface area contributed by atoms with Crippen molar-refractivity contribution >= 4 is 5.78 Å². The minimum atomic E-state index is -0.229. The number of hydrogen-bond acceptors (Lipinski definition) is 3. The van der Waals surface area contributed by atoms with Gasteiger partial charge in [0.1, 0.15) is 0 Å². The Kier molecular flexibility index (Phi) is 3.65. The lowest BCUT2D eigenvalue weighted by molar-refractivity contribution is 0.0108. The Bertz CT molecular complexity index is 485. The second-order valence-corrected chi connectivity index (χ2v) is 6.70. The van der Waals surface area contributed by atoms with Gasteiger partial charge in [0.2, 0.25) is 0 Å². The van der Waals surface area contributed by atoms with Gasteiger partial charge in [-0.05, 0) is 32.7 Å². The Morgan fingerprint density at radius 3 is 2.80 bits per heavy atom. The summed E-state index contributed by atoms with van der Waals surface area (Å²) in [4.78, 5) is 15.5. The molecule has 0 radical (unpaired) electrons. The lowest BCUT2D eigenvalue weighted by Gasteiger charge is -2.50. The molecule has 0 amide bonds. The predicted molar refractivity (Wildman–Crippen MR) is 80.9 cm³/mol. The summed E-state index contributed by atoms with van der Waals surface area (Å²) in [6.45, 7) is 8.34. The molecule has 0 saturated carbocycles. The maximum atomic E-state index is 13.0. The van der Waals surface area contributed by atoms with Crippen LogP contribution in [-0.4, -0.2) is 42.9 Å². The molecule has 0 spiro atoms. The van der Waals surface area contributed by atoms with Crippen molar-refractivity contribution in [2.75, 3.05) is 26.2 Å². The Balaban J connectivity index is 1.90. The van der Waals surface area contributed by atoms with E-state index in [1.54, 1.807) is 0 Å². The summed E-state index contributed by atoms with van der Waals surface area (Å²) in [5, 5.41) is 3.49. The number of piperidine rings is 2. The number of nitrogens with zero attached hydrogens (tertiary/aromatic N) is 1. The van der Waals surface area contributed by atoms with Gasteiger partial charge in [0.25, 0.3) is 0 Å². The summed E-state index contributed by atoms with van der Waals surface area (Å²) in [5.41, 5.74) is 0.632. The molecule has 1 N–H and O–H groups in total. The number of benzene rings is 1. The van der Waals surface area contributed by atoms with Crippen molar-refractivity contribution in [3.63, 3.8) is 0 Å². The van der Waals surface area contributed by atoms with Crippen LogP contribution in [0.3, 0.4) is 0 Å². The zero-order valence-corrected chi connectivity index (χ0v) is 12.4. The van der Waals surface area contributed by atoms with E-state index >= 15 is 0 Å². The first-order chi connectivity index (χ1) is 9.61. The molecule has 20 heavy (non-hydrogen) atoms. The smallest absolute Gasteiger partial charge is 0.171 e.